The maximum Gasteiger partial charge on any atom is 0.387 e. The average molecular weight is 342 g/mol. The number of amides is 1. The SMILES string of the molecule is CCc1nc(SC(C)C(=O)Nc2ccccc2OC(F)F)n[nH]1. The van der Waals surface area contributed by atoms with Crippen LogP contribution in [0, 0.1) is 0 Å². The molecule has 23 heavy (non-hydrogen) atoms. The monoisotopic (exact) mass is 342 g/mol. The van der Waals surface area contributed by atoms with Gasteiger partial charge in [-0.3, -0.25) is 9.89 Å². The number of carbonyl (C=O) groups excluding carboxylic acids is 1. The zero-order valence-corrected chi connectivity index (χ0v) is 13.4. The molecular weight excluding hydrogens is 326 g/mol. The van der Waals surface area contributed by atoms with Crippen LogP contribution >= 0.6 is 11.8 Å². The Morgan fingerprint density at radius 3 is 2.83 bits per heavy atom. The predicted molar refractivity (Wildman–Crippen MR) is 82.8 cm³/mol. The number of carbonyl (C=O) groups is 1. The van der Waals surface area contributed by atoms with Gasteiger partial charge >= 0.3 is 6.61 Å². The van der Waals surface area contributed by atoms with Crippen LogP contribution in [0.4, 0.5) is 14.5 Å². The Kier molecular flexibility index (Phi) is 5.91. The zero-order valence-electron chi connectivity index (χ0n) is 12.5. The molecule has 0 saturated carbocycles. The summed E-state index contributed by atoms with van der Waals surface area (Å²) in [5.74, 6) is 0.290. The first-order valence-electron chi connectivity index (χ1n) is 6.92. The van der Waals surface area contributed by atoms with Gasteiger partial charge in [0.15, 0.2) is 0 Å². The Morgan fingerprint density at radius 2 is 2.17 bits per heavy atom. The molecular formula is C14H16F2N4O2S. The minimum atomic E-state index is -2.96. The molecule has 9 heteroatoms. The van der Waals surface area contributed by atoms with Crippen LogP contribution in [0.5, 0.6) is 5.75 Å². The van der Waals surface area contributed by atoms with E-state index in [1.165, 1.54) is 23.9 Å². The van der Waals surface area contributed by atoms with Crippen molar-refractivity contribution in [2.24, 2.45) is 0 Å². The van der Waals surface area contributed by atoms with Crippen LogP contribution in [-0.4, -0.2) is 32.9 Å². The topological polar surface area (TPSA) is 79.9 Å². The molecule has 0 spiro atoms. The van der Waals surface area contributed by atoms with E-state index in [-0.39, 0.29) is 17.3 Å². The second kappa shape index (κ2) is 7.91. The molecule has 0 saturated heterocycles. The molecule has 2 N–H and O–H groups in total. The van der Waals surface area contributed by atoms with Crippen molar-refractivity contribution in [3.63, 3.8) is 0 Å². The normalized spacial score (nSPS) is 12.2. The number of para-hydroxylation sites is 2. The molecule has 2 rings (SSSR count). The number of anilines is 1. The fourth-order valence-electron chi connectivity index (χ4n) is 1.70. The molecule has 0 aliphatic heterocycles. The molecule has 6 nitrogen and oxygen atoms in total. The van der Waals surface area contributed by atoms with E-state index in [0.29, 0.717) is 11.6 Å². The number of hydrogen-bond acceptors (Lipinski definition) is 5. The number of nitrogens with zero attached hydrogens (tertiary/aromatic N) is 2. The number of rotatable bonds is 7. The molecule has 1 aromatic carbocycles. The summed E-state index contributed by atoms with van der Waals surface area (Å²) < 4.78 is 29.1. The van der Waals surface area contributed by atoms with Crippen LogP contribution in [-0.2, 0) is 11.2 Å². The Hall–Kier alpha value is -2.16. The van der Waals surface area contributed by atoms with Crippen molar-refractivity contribution < 1.29 is 18.3 Å². The maximum atomic E-state index is 12.4. The van der Waals surface area contributed by atoms with E-state index < -0.39 is 11.9 Å². The van der Waals surface area contributed by atoms with Crippen LogP contribution in [0.15, 0.2) is 29.4 Å². The number of hydrogen-bond donors (Lipinski definition) is 2. The quantitative estimate of drug-likeness (QED) is 0.756. The standard InChI is InChI=1S/C14H16F2N4O2S/c1-3-11-18-14(20-19-11)23-8(2)12(21)17-9-6-4-5-7-10(9)22-13(15)16/h4-8,13H,3H2,1-2H3,(H,17,21)(H,18,19,20). The first-order valence-corrected chi connectivity index (χ1v) is 7.80. The molecule has 124 valence electrons. The van der Waals surface area contributed by atoms with Gasteiger partial charge in [0.2, 0.25) is 11.1 Å². The van der Waals surface area contributed by atoms with E-state index in [4.69, 9.17) is 0 Å². The lowest BCUT2D eigenvalue weighted by molar-refractivity contribution is -0.115. The van der Waals surface area contributed by atoms with E-state index in [0.717, 1.165) is 5.82 Å². The molecule has 0 radical (unpaired) electrons. The van der Waals surface area contributed by atoms with Gasteiger partial charge in [-0.2, -0.15) is 8.78 Å². The minimum absolute atomic E-state index is 0.0841. The fraction of sp³-hybridized carbons (Fsp3) is 0.357. The number of aryl methyl sites for hydroxylation is 1. The molecule has 1 atom stereocenters. The fourth-order valence-corrected chi connectivity index (χ4v) is 2.45. The molecule has 1 heterocycles. The summed E-state index contributed by atoms with van der Waals surface area (Å²) in [4.78, 5) is 16.4. The molecule has 1 amide bonds. The smallest absolute Gasteiger partial charge is 0.387 e. The Bertz CT molecular complexity index is 666. The molecule has 0 aliphatic rings. The molecule has 0 bridgehead atoms. The van der Waals surface area contributed by atoms with Crippen molar-refractivity contribution in [1.29, 1.82) is 0 Å². The van der Waals surface area contributed by atoms with E-state index in [9.17, 15) is 13.6 Å². The van der Waals surface area contributed by atoms with Crippen LogP contribution in [0.3, 0.4) is 0 Å². The number of thioether (sulfide) groups is 1. The van der Waals surface area contributed by atoms with E-state index in [1.807, 2.05) is 6.92 Å². The lowest BCUT2D eigenvalue weighted by Crippen LogP contribution is -2.23. The van der Waals surface area contributed by atoms with Gasteiger partial charge < -0.3 is 10.1 Å². The number of benzene rings is 1. The molecule has 2 aromatic rings. The Balaban J connectivity index is 2.00. The van der Waals surface area contributed by atoms with Gasteiger partial charge in [-0.1, -0.05) is 30.8 Å². The van der Waals surface area contributed by atoms with Crippen LogP contribution in [0.25, 0.3) is 0 Å². The summed E-state index contributed by atoms with van der Waals surface area (Å²) in [5.41, 5.74) is 0.189. The molecule has 1 unspecified atom stereocenters. The highest BCUT2D eigenvalue weighted by molar-refractivity contribution is 8.00. The van der Waals surface area contributed by atoms with Crippen molar-refractivity contribution in [3.05, 3.63) is 30.1 Å². The summed E-state index contributed by atoms with van der Waals surface area (Å²) in [5, 5.41) is 9.29. The third kappa shape index (κ3) is 4.92. The second-order valence-corrected chi connectivity index (χ2v) is 5.85. The first-order chi connectivity index (χ1) is 11.0. The van der Waals surface area contributed by atoms with Crippen LogP contribution in [0.2, 0.25) is 0 Å². The Labute approximate surface area is 136 Å². The van der Waals surface area contributed by atoms with Crippen LogP contribution in [0.1, 0.15) is 19.7 Å². The van der Waals surface area contributed by atoms with Gasteiger partial charge in [-0.15, -0.1) is 5.10 Å². The van der Waals surface area contributed by atoms with Gasteiger partial charge in [0.05, 0.1) is 10.9 Å². The third-order valence-corrected chi connectivity index (χ3v) is 3.82. The maximum absolute atomic E-state index is 12.4. The Morgan fingerprint density at radius 1 is 1.43 bits per heavy atom. The van der Waals surface area contributed by atoms with Gasteiger partial charge in [-0.05, 0) is 19.1 Å². The number of ether oxygens (including phenoxy) is 1. The van der Waals surface area contributed by atoms with Crippen molar-refractivity contribution in [2.75, 3.05) is 5.32 Å². The summed E-state index contributed by atoms with van der Waals surface area (Å²) in [7, 11) is 0. The second-order valence-electron chi connectivity index (χ2n) is 4.54. The van der Waals surface area contributed by atoms with Crippen LogP contribution < -0.4 is 10.1 Å². The number of aromatic amines is 1. The molecule has 0 aliphatic carbocycles. The summed E-state index contributed by atoms with van der Waals surface area (Å²) in [6, 6.07) is 6.03. The van der Waals surface area contributed by atoms with Gasteiger partial charge in [0.25, 0.3) is 0 Å². The van der Waals surface area contributed by atoms with E-state index >= 15 is 0 Å². The largest absolute Gasteiger partial charge is 0.433 e. The van der Waals surface area contributed by atoms with Gasteiger partial charge in [-0.25, -0.2) is 4.98 Å². The number of H-pyrrole nitrogens is 1. The third-order valence-electron chi connectivity index (χ3n) is 2.86. The van der Waals surface area contributed by atoms with E-state index in [2.05, 4.69) is 25.2 Å². The van der Waals surface area contributed by atoms with Crippen molar-refractivity contribution >= 4 is 23.4 Å². The van der Waals surface area contributed by atoms with Crippen molar-refractivity contribution in [2.45, 2.75) is 37.3 Å². The molecule has 1 aromatic heterocycles. The predicted octanol–water partition coefficient (Wildman–Crippen LogP) is 3.09. The molecule has 0 fully saturated rings. The zero-order chi connectivity index (χ0) is 16.8. The lowest BCUT2D eigenvalue weighted by atomic mass is 10.3. The van der Waals surface area contributed by atoms with E-state index in [1.54, 1.807) is 19.1 Å². The van der Waals surface area contributed by atoms with Crippen molar-refractivity contribution in [1.82, 2.24) is 15.2 Å². The average Bonchev–Trinajstić information content (AvgIpc) is 2.96. The number of nitrogens with one attached hydrogen (secondary N) is 2. The lowest BCUT2D eigenvalue weighted by Gasteiger charge is -2.14. The van der Waals surface area contributed by atoms with Gasteiger partial charge in [0, 0.05) is 6.42 Å². The van der Waals surface area contributed by atoms with Crippen molar-refractivity contribution in [3.8, 4) is 5.75 Å². The highest BCUT2D eigenvalue weighted by Crippen LogP contribution is 2.27. The number of aromatic nitrogens is 3. The highest BCUT2D eigenvalue weighted by atomic mass is 32.2. The first kappa shape index (κ1) is 17.2. The van der Waals surface area contributed by atoms with Gasteiger partial charge in [0.1, 0.15) is 11.6 Å². The summed E-state index contributed by atoms with van der Waals surface area (Å²) in [6.07, 6.45) is 0.715. The summed E-state index contributed by atoms with van der Waals surface area (Å²) >= 11 is 1.17. The minimum Gasteiger partial charge on any atom is -0.433 e. The number of alkyl halides is 2. The number of halogens is 2. The summed E-state index contributed by atoms with van der Waals surface area (Å²) in [6.45, 7) is 0.657. The highest BCUT2D eigenvalue weighted by Gasteiger charge is 2.19.